The molecule has 0 spiro atoms. The monoisotopic (exact) mass is 425 g/mol. The highest BCUT2D eigenvalue weighted by molar-refractivity contribution is 7.89. The SMILES string of the molecule is CCCNC(=O)CN(C)C(=O)C[NH+]1CCN(S(=O)(=O)c2ccc(C)cc2C)CC1. The van der Waals surface area contributed by atoms with Crippen molar-refractivity contribution in [3.05, 3.63) is 29.3 Å². The summed E-state index contributed by atoms with van der Waals surface area (Å²) >= 11 is 0. The molecule has 162 valence electrons. The highest BCUT2D eigenvalue weighted by Crippen LogP contribution is 2.20. The van der Waals surface area contributed by atoms with Crippen LogP contribution >= 0.6 is 0 Å². The number of nitrogens with one attached hydrogen (secondary N) is 2. The maximum absolute atomic E-state index is 13.0. The molecule has 1 aliphatic heterocycles. The lowest BCUT2D eigenvalue weighted by Crippen LogP contribution is -3.15. The van der Waals surface area contributed by atoms with E-state index in [4.69, 9.17) is 0 Å². The molecule has 0 atom stereocenters. The van der Waals surface area contributed by atoms with Crippen LogP contribution in [0.15, 0.2) is 23.1 Å². The van der Waals surface area contributed by atoms with Crippen molar-refractivity contribution < 1.29 is 22.9 Å². The van der Waals surface area contributed by atoms with Crippen LogP contribution in [0.25, 0.3) is 0 Å². The first kappa shape index (κ1) is 23.3. The molecular formula is C20H33N4O4S+. The number of benzene rings is 1. The fourth-order valence-electron chi connectivity index (χ4n) is 3.42. The summed E-state index contributed by atoms with van der Waals surface area (Å²) in [6.45, 7) is 8.49. The standard InChI is InChI=1S/C20H32N4O4S/c1-5-8-21-19(25)14-22(4)20(26)15-23-9-11-24(12-10-23)29(27,28)18-7-6-16(2)13-17(18)3/h6-7,13H,5,8-12,14-15H2,1-4H3,(H,21,25)/p+1. The Morgan fingerprint density at radius 1 is 1.21 bits per heavy atom. The van der Waals surface area contributed by atoms with Crippen molar-refractivity contribution in [2.45, 2.75) is 32.1 Å². The molecule has 0 aliphatic carbocycles. The van der Waals surface area contributed by atoms with E-state index in [1.807, 2.05) is 32.9 Å². The molecule has 2 amide bonds. The number of quaternary nitrogens is 1. The number of carbonyl (C=O) groups excluding carboxylic acids is 2. The number of amides is 2. The minimum Gasteiger partial charge on any atom is -0.355 e. The molecule has 1 aromatic rings. The number of sulfonamides is 1. The van der Waals surface area contributed by atoms with Gasteiger partial charge in [0.2, 0.25) is 15.9 Å². The number of nitrogens with zero attached hydrogens (tertiary/aromatic N) is 2. The summed E-state index contributed by atoms with van der Waals surface area (Å²) in [5.41, 5.74) is 1.78. The average Bonchev–Trinajstić information content (AvgIpc) is 2.66. The van der Waals surface area contributed by atoms with Crippen LogP contribution in [0.1, 0.15) is 24.5 Å². The van der Waals surface area contributed by atoms with Gasteiger partial charge in [0.1, 0.15) is 0 Å². The third kappa shape index (κ3) is 6.25. The van der Waals surface area contributed by atoms with E-state index in [0.29, 0.717) is 37.6 Å². The second kappa shape index (κ2) is 10.2. The molecular weight excluding hydrogens is 392 g/mol. The molecule has 0 unspecified atom stereocenters. The number of rotatable bonds is 8. The molecule has 1 aromatic carbocycles. The predicted octanol–water partition coefficient (Wildman–Crippen LogP) is -0.823. The van der Waals surface area contributed by atoms with Crippen molar-refractivity contribution >= 4 is 21.8 Å². The smallest absolute Gasteiger partial charge is 0.277 e. The van der Waals surface area contributed by atoms with E-state index in [2.05, 4.69) is 5.32 Å². The Balaban J connectivity index is 1.88. The predicted molar refractivity (Wildman–Crippen MR) is 111 cm³/mol. The molecule has 0 radical (unpaired) electrons. The van der Waals surface area contributed by atoms with E-state index in [-0.39, 0.29) is 24.9 Å². The van der Waals surface area contributed by atoms with Gasteiger partial charge in [0, 0.05) is 13.6 Å². The lowest BCUT2D eigenvalue weighted by atomic mass is 10.2. The molecule has 0 aromatic heterocycles. The van der Waals surface area contributed by atoms with Gasteiger partial charge >= 0.3 is 0 Å². The van der Waals surface area contributed by atoms with Gasteiger partial charge in [0.05, 0.1) is 37.6 Å². The van der Waals surface area contributed by atoms with Crippen molar-refractivity contribution in [3.8, 4) is 0 Å². The van der Waals surface area contributed by atoms with E-state index in [9.17, 15) is 18.0 Å². The third-order valence-electron chi connectivity index (χ3n) is 5.16. The first-order valence-electron chi connectivity index (χ1n) is 10.1. The van der Waals surface area contributed by atoms with Crippen LogP contribution in [0.5, 0.6) is 0 Å². The molecule has 1 heterocycles. The minimum atomic E-state index is -3.53. The van der Waals surface area contributed by atoms with Gasteiger partial charge in [-0.3, -0.25) is 9.59 Å². The fourth-order valence-corrected chi connectivity index (χ4v) is 5.07. The zero-order chi connectivity index (χ0) is 21.6. The molecule has 8 nitrogen and oxygen atoms in total. The van der Waals surface area contributed by atoms with E-state index in [1.54, 1.807) is 13.1 Å². The van der Waals surface area contributed by atoms with Crippen LogP contribution in [0.2, 0.25) is 0 Å². The molecule has 1 saturated heterocycles. The van der Waals surface area contributed by atoms with Crippen LogP contribution in [-0.2, 0) is 19.6 Å². The molecule has 0 saturated carbocycles. The lowest BCUT2D eigenvalue weighted by molar-refractivity contribution is -0.895. The number of hydrogen-bond acceptors (Lipinski definition) is 4. The van der Waals surface area contributed by atoms with Crippen LogP contribution in [-0.4, -0.2) is 82.3 Å². The van der Waals surface area contributed by atoms with Crippen LogP contribution in [0, 0.1) is 13.8 Å². The lowest BCUT2D eigenvalue weighted by Gasteiger charge is -2.32. The van der Waals surface area contributed by atoms with Crippen LogP contribution in [0.4, 0.5) is 0 Å². The van der Waals surface area contributed by atoms with Gasteiger partial charge in [-0.25, -0.2) is 8.42 Å². The van der Waals surface area contributed by atoms with Crippen molar-refractivity contribution in [2.24, 2.45) is 0 Å². The maximum atomic E-state index is 13.0. The van der Waals surface area contributed by atoms with Crippen molar-refractivity contribution in [1.29, 1.82) is 0 Å². The third-order valence-corrected chi connectivity index (χ3v) is 7.22. The zero-order valence-corrected chi connectivity index (χ0v) is 18.6. The minimum absolute atomic E-state index is 0.0410. The summed E-state index contributed by atoms with van der Waals surface area (Å²) < 4.78 is 27.4. The summed E-state index contributed by atoms with van der Waals surface area (Å²) in [4.78, 5) is 27.0. The highest BCUT2D eigenvalue weighted by atomic mass is 32.2. The second-order valence-electron chi connectivity index (χ2n) is 7.70. The average molecular weight is 426 g/mol. The Bertz CT molecular complexity index is 833. The Labute approximate surface area is 173 Å². The first-order chi connectivity index (χ1) is 13.6. The number of piperazine rings is 1. The van der Waals surface area contributed by atoms with E-state index in [1.165, 1.54) is 9.21 Å². The van der Waals surface area contributed by atoms with Gasteiger partial charge < -0.3 is 15.1 Å². The molecule has 1 aliphatic rings. The summed E-state index contributed by atoms with van der Waals surface area (Å²) in [5.74, 6) is -0.278. The summed E-state index contributed by atoms with van der Waals surface area (Å²) in [7, 11) is -1.91. The summed E-state index contributed by atoms with van der Waals surface area (Å²) in [6, 6.07) is 5.35. The highest BCUT2D eigenvalue weighted by Gasteiger charge is 2.32. The number of hydrogen-bond donors (Lipinski definition) is 2. The topological polar surface area (TPSA) is 91.2 Å². The van der Waals surface area contributed by atoms with Crippen molar-refractivity contribution in [1.82, 2.24) is 14.5 Å². The summed E-state index contributed by atoms with van der Waals surface area (Å²) in [5, 5.41) is 2.75. The second-order valence-corrected chi connectivity index (χ2v) is 9.61. The number of aryl methyl sites for hydroxylation is 2. The number of likely N-dealkylation sites (N-methyl/N-ethyl adjacent to an activating group) is 1. The molecule has 2 rings (SSSR count). The number of carbonyl (C=O) groups is 2. The molecule has 1 fully saturated rings. The molecule has 0 bridgehead atoms. The maximum Gasteiger partial charge on any atom is 0.277 e. The van der Waals surface area contributed by atoms with Gasteiger partial charge in [-0.1, -0.05) is 24.6 Å². The Kier molecular flexibility index (Phi) is 8.18. The van der Waals surface area contributed by atoms with E-state index >= 15 is 0 Å². The Morgan fingerprint density at radius 2 is 1.86 bits per heavy atom. The van der Waals surface area contributed by atoms with Gasteiger partial charge in [0.15, 0.2) is 6.54 Å². The van der Waals surface area contributed by atoms with Crippen molar-refractivity contribution in [2.75, 3.05) is 52.9 Å². The largest absolute Gasteiger partial charge is 0.355 e. The van der Waals surface area contributed by atoms with Crippen LogP contribution in [0.3, 0.4) is 0 Å². The van der Waals surface area contributed by atoms with Gasteiger partial charge in [0.25, 0.3) is 5.91 Å². The van der Waals surface area contributed by atoms with Gasteiger partial charge in [-0.2, -0.15) is 4.31 Å². The van der Waals surface area contributed by atoms with Gasteiger partial charge in [-0.15, -0.1) is 0 Å². The quantitative estimate of drug-likeness (QED) is 0.569. The van der Waals surface area contributed by atoms with E-state index in [0.717, 1.165) is 22.4 Å². The van der Waals surface area contributed by atoms with Crippen molar-refractivity contribution in [3.63, 3.8) is 0 Å². The molecule has 29 heavy (non-hydrogen) atoms. The Morgan fingerprint density at radius 3 is 2.45 bits per heavy atom. The zero-order valence-electron chi connectivity index (χ0n) is 17.8. The normalized spacial score (nSPS) is 15.9. The first-order valence-corrected chi connectivity index (χ1v) is 11.5. The Hall–Kier alpha value is -1.97. The van der Waals surface area contributed by atoms with E-state index < -0.39 is 10.0 Å². The molecule has 2 N–H and O–H groups in total. The van der Waals surface area contributed by atoms with Gasteiger partial charge in [-0.05, 0) is 31.9 Å². The summed E-state index contributed by atoms with van der Waals surface area (Å²) in [6.07, 6.45) is 0.850. The fraction of sp³-hybridized carbons (Fsp3) is 0.600. The van der Waals surface area contributed by atoms with Crippen LogP contribution < -0.4 is 10.2 Å². The molecule has 9 heteroatoms.